The van der Waals surface area contributed by atoms with Crippen LogP contribution >= 0.6 is 0 Å². The van der Waals surface area contributed by atoms with E-state index in [-0.39, 0.29) is 73.8 Å². The average Bonchev–Trinajstić information content (AvgIpc) is 0.819. The first-order valence-corrected chi connectivity index (χ1v) is 46.4. The van der Waals surface area contributed by atoms with Gasteiger partial charge in [0.25, 0.3) is 11.8 Å². The van der Waals surface area contributed by atoms with E-state index in [0.717, 1.165) is 110 Å². The van der Waals surface area contributed by atoms with Crippen LogP contribution in [0.15, 0.2) is 0 Å². The Kier molecular flexibility index (Phi) is 50.4. The van der Waals surface area contributed by atoms with Crippen molar-refractivity contribution in [1.29, 1.82) is 0 Å². The molecule has 0 radical (unpaired) electrons. The minimum absolute atomic E-state index is 0.0306. The summed E-state index contributed by atoms with van der Waals surface area (Å²) < 4.78 is 109. The molecule has 9 rings (SSSR count). The van der Waals surface area contributed by atoms with E-state index in [4.69, 9.17) is 0 Å². The highest BCUT2D eigenvalue weighted by Gasteiger charge is 2.49. The molecule has 9 saturated heterocycles. The smallest absolute Gasteiger partial charge is 0.301 e. The summed E-state index contributed by atoms with van der Waals surface area (Å²) in [6.07, 6.45) is 8.78. The minimum atomic E-state index is -2.60. The lowest BCUT2D eigenvalue weighted by atomic mass is 9.83. The van der Waals surface area contributed by atoms with Crippen LogP contribution in [0, 0.1) is 94.7 Å². The van der Waals surface area contributed by atoms with Gasteiger partial charge in [0.2, 0.25) is 0 Å². The molecule has 9 fully saturated rings. The van der Waals surface area contributed by atoms with Crippen LogP contribution in [-0.4, -0.2) is 251 Å². The number of halogens is 8. The Hall–Kier alpha value is -0.960. The molecule has 4 unspecified atom stereocenters. The Labute approximate surface area is 691 Å². The van der Waals surface area contributed by atoms with Crippen molar-refractivity contribution in [1.82, 2.24) is 49.0 Å². The summed E-state index contributed by atoms with van der Waals surface area (Å²) in [7, 11) is 0. The molecule has 0 N–H and O–H groups in total. The molecule has 0 aromatic rings. The second kappa shape index (κ2) is 51.7. The molecule has 9 aliphatic heterocycles. The first kappa shape index (κ1) is 109. The summed E-state index contributed by atoms with van der Waals surface area (Å²) in [6.45, 7) is 95.3. The van der Waals surface area contributed by atoms with Gasteiger partial charge in [-0.2, -0.15) is 17.6 Å². The van der Waals surface area contributed by atoms with Crippen molar-refractivity contribution in [2.75, 3.05) is 118 Å². The molecular weight excluding hydrogens is 1420 g/mol. The predicted molar refractivity (Wildman–Crippen MR) is 470 cm³/mol. The molecular formula is C94H190F8N10. The second-order valence-corrected chi connectivity index (χ2v) is 41.6. The number of hydrogen-bond acceptors (Lipinski definition) is 10. The highest BCUT2D eigenvalue weighted by molar-refractivity contribution is 4.92. The average molecular weight is 1610 g/mol. The molecule has 9 aliphatic rings. The van der Waals surface area contributed by atoms with Gasteiger partial charge in [-0.15, -0.1) is 0 Å². The van der Waals surface area contributed by atoms with Gasteiger partial charge in [0.1, 0.15) is 0 Å². The summed E-state index contributed by atoms with van der Waals surface area (Å²) in [6, 6.07) is -0.387. The summed E-state index contributed by atoms with van der Waals surface area (Å²) >= 11 is 0. The first-order valence-electron chi connectivity index (χ1n) is 46.4. The Balaban J connectivity index is 0.000000631. The van der Waals surface area contributed by atoms with Crippen molar-refractivity contribution in [3.05, 3.63) is 0 Å². The van der Waals surface area contributed by atoms with Gasteiger partial charge in [-0.25, -0.2) is 27.4 Å². The molecule has 0 spiro atoms. The lowest BCUT2D eigenvalue weighted by molar-refractivity contribution is -0.196. The molecule has 0 aromatic heterocycles. The van der Waals surface area contributed by atoms with Crippen molar-refractivity contribution in [3.63, 3.8) is 0 Å². The molecule has 4 atom stereocenters. The van der Waals surface area contributed by atoms with Gasteiger partial charge < -0.3 is 19.6 Å². The zero-order valence-electron chi connectivity index (χ0n) is 80.3. The molecule has 112 heavy (non-hydrogen) atoms. The van der Waals surface area contributed by atoms with E-state index < -0.39 is 35.8 Å². The highest BCUT2D eigenvalue weighted by atomic mass is 19.3. The fourth-order valence-corrected chi connectivity index (χ4v) is 17.7. The van der Waals surface area contributed by atoms with Crippen molar-refractivity contribution < 1.29 is 35.1 Å². The Morgan fingerprint density at radius 3 is 0.562 bits per heavy atom. The lowest BCUT2D eigenvalue weighted by Gasteiger charge is -2.44. The van der Waals surface area contributed by atoms with E-state index in [9.17, 15) is 35.1 Å². The van der Waals surface area contributed by atoms with E-state index in [2.05, 4.69) is 168 Å². The lowest BCUT2D eigenvalue weighted by Crippen LogP contribution is -2.52. The quantitative estimate of drug-likeness (QED) is 0.0978. The highest BCUT2D eigenvalue weighted by Crippen LogP contribution is 2.43. The van der Waals surface area contributed by atoms with Crippen LogP contribution in [0.25, 0.3) is 0 Å². The van der Waals surface area contributed by atoms with E-state index in [1.807, 2.05) is 121 Å². The maximum atomic E-state index is 13.7. The number of piperazine rings is 1. The normalized spacial score (nSPS) is 25.6. The Bertz CT molecular complexity index is 2000. The van der Waals surface area contributed by atoms with Gasteiger partial charge in [0, 0.05) is 151 Å². The van der Waals surface area contributed by atoms with Crippen LogP contribution in [0.4, 0.5) is 35.1 Å². The topological polar surface area (TPSA) is 32.4 Å². The van der Waals surface area contributed by atoms with E-state index >= 15 is 0 Å². The van der Waals surface area contributed by atoms with Crippen LogP contribution in [0.1, 0.15) is 313 Å². The molecule has 10 nitrogen and oxygen atoms in total. The van der Waals surface area contributed by atoms with Crippen molar-refractivity contribution in [3.8, 4) is 0 Å². The van der Waals surface area contributed by atoms with Crippen LogP contribution in [0.3, 0.4) is 0 Å². The molecule has 0 aliphatic carbocycles. The largest absolute Gasteiger partial charge is 0.305 e. The molecule has 0 aromatic carbocycles. The third kappa shape index (κ3) is 38.8. The van der Waals surface area contributed by atoms with Crippen LogP contribution in [0.5, 0.6) is 0 Å². The number of likely N-dealkylation sites (tertiary alicyclic amines) is 8. The molecule has 9 heterocycles. The number of rotatable bonds is 18. The maximum Gasteiger partial charge on any atom is 0.305 e. The second-order valence-electron chi connectivity index (χ2n) is 41.6. The summed E-state index contributed by atoms with van der Waals surface area (Å²) in [5, 5.41) is 0. The van der Waals surface area contributed by atoms with E-state index in [1.165, 1.54) is 114 Å². The maximum absolute atomic E-state index is 13.7. The zero-order chi connectivity index (χ0) is 86.6. The number of nitrogens with zero attached hydrogens (tertiary/aromatic N) is 10. The zero-order valence-corrected chi connectivity index (χ0v) is 80.3. The SMILES string of the molecule is CC(C)C1CCN(C(C)C)C(F)(F)C1.CC(C)C1CCN(C(C)C)C(F)(F)C1.CC(C)C1CCN(C(C)C)CC1.CC(C)C1CCN(C(C)C)CC1.CC(C)C1CCN(C(C)C)CC1(F)F.CC(C)C1CCN(C(C)C)CC1(F)F.CC(C)C1CN(C(C)C)C1.CC(C)C1CN(C(C)C)C1.CC(C)N1CCN(C(C)C)CC1. The van der Waals surface area contributed by atoms with Gasteiger partial charge in [0.05, 0.1) is 13.1 Å². The summed E-state index contributed by atoms with van der Waals surface area (Å²) in [5.41, 5.74) is 0. The van der Waals surface area contributed by atoms with Crippen LogP contribution < -0.4 is 0 Å². The molecule has 0 saturated carbocycles. The van der Waals surface area contributed by atoms with Gasteiger partial charge in [0.15, 0.2) is 0 Å². The Morgan fingerprint density at radius 2 is 0.393 bits per heavy atom. The van der Waals surface area contributed by atoms with Crippen molar-refractivity contribution in [2.45, 2.75) is 398 Å². The fraction of sp³-hybridized carbons (Fsp3) is 1.00. The number of hydrogen-bond donors (Lipinski definition) is 0. The monoisotopic (exact) mass is 1610 g/mol. The van der Waals surface area contributed by atoms with Gasteiger partial charge in [-0.1, -0.05) is 111 Å². The summed E-state index contributed by atoms with van der Waals surface area (Å²) in [5.74, 6) is 2.86. The van der Waals surface area contributed by atoms with Crippen LogP contribution in [-0.2, 0) is 0 Å². The number of piperidine rings is 6. The van der Waals surface area contributed by atoms with Gasteiger partial charge in [-0.05, 0) is 312 Å². The van der Waals surface area contributed by atoms with Crippen LogP contribution in [0.2, 0.25) is 0 Å². The van der Waals surface area contributed by atoms with Crippen molar-refractivity contribution >= 4 is 0 Å². The van der Waals surface area contributed by atoms with E-state index in [1.54, 1.807) is 0 Å². The standard InChI is InChI=1S/4C11H21F2N.2C11H23N.C10H22N2.2C9H19N/c2*1-8(2)10-5-6-14(9(3)4)7-11(10,12)13;2*1-8(2)10-5-6-14(9(3)4)11(12,13)7-10;3*1-9(2)11-5-7-12(8-6-11)10(3)4;2*1-7(2)9-5-10(6-9)8(3)4/h4*8-10H,5-7H2,1-4H3;2*9-11H,5-8H2,1-4H3;9-10H,5-8H2,1-4H3;2*7-9H,5-6H2,1-4H3. The van der Waals surface area contributed by atoms with Crippen molar-refractivity contribution in [2.24, 2.45) is 94.7 Å². The third-order valence-electron chi connectivity index (χ3n) is 27.4. The predicted octanol–water partition coefficient (Wildman–Crippen LogP) is 23.6. The molecule has 672 valence electrons. The van der Waals surface area contributed by atoms with Gasteiger partial charge >= 0.3 is 12.1 Å². The molecule has 0 amide bonds. The molecule has 0 bridgehead atoms. The first-order chi connectivity index (χ1) is 51.4. The Morgan fingerprint density at radius 1 is 0.196 bits per heavy atom. The molecule has 18 heteroatoms. The third-order valence-corrected chi connectivity index (χ3v) is 27.4. The van der Waals surface area contributed by atoms with Gasteiger partial charge in [-0.3, -0.25) is 19.6 Å². The fourth-order valence-electron chi connectivity index (χ4n) is 17.7. The van der Waals surface area contributed by atoms with E-state index in [0.29, 0.717) is 37.8 Å². The number of alkyl halides is 8. The minimum Gasteiger partial charge on any atom is -0.301 e. The summed E-state index contributed by atoms with van der Waals surface area (Å²) in [4.78, 5) is 21.8.